The molecule has 2 N–H and O–H groups in total. The Bertz CT molecular complexity index is 1570. The van der Waals surface area contributed by atoms with Crippen LogP contribution in [-0.4, -0.2) is 27.0 Å². The van der Waals surface area contributed by atoms with Gasteiger partial charge in [-0.2, -0.15) is 0 Å². The molecule has 0 aliphatic carbocycles. The summed E-state index contributed by atoms with van der Waals surface area (Å²) in [5.41, 5.74) is 4.65. The first-order chi connectivity index (χ1) is 18.1. The summed E-state index contributed by atoms with van der Waals surface area (Å²) in [6.45, 7) is 15.0. The smallest absolute Gasteiger partial charge is 0.258 e. The van der Waals surface area contributed by atoms with E-state index < -0.39 is 5.60 Å². The average Bonchev–Trinajstić information content (AvgIpc) is 3.49. The number of nitrogens with zero attached hydrogens (tertiary/aromatic N) is 2. The molecule has 200 valence electrons. The van der Waals surface area contributed by atoms with Gasteiger partial charge < -0.3 is 29.2 Å². The molecule has 6 rings (SSSR count). The number of nitrogens with one attached hydrogen (secondary N) is 1. The number of aliphatic hydroxyl groups is 1. The number of unbranched alkanes of at least 4 members (excludes halogenated alkanes) is 1. The van der Waals surface area contributed by atoms with Gasteiger partial charge in [-0.15, -0.1) is 0 Å². The van der Waals surface area contributed by atoms with E-state index in [1.165, 1.54) is 5.56 Å². The highest BCUT2D eigenvalue weighted by Crippen LogP contribution is 2.49. The molecule has 1 aromatic carbocycles. The van der Waals surface area contributed by atoms with E-state index in [4.69, 9.17) is 19.2 Å². The van der Waals surface area contributed by atoms with Crippen LogP contribution in [0.1, 0.15) is 76.1 Å². The van der Waals surface area contributed by atoms with Gasteiger partial charge >= 0.3 is 0 Å². The molecule has 0 fully saturated rings. The Balaban J connectivity index is 1.66. The number of anilines is 1. The molecule has 0 saturated carbocycles. The van der Waals surface area contributed by atoms with Gasteiger partial charge in [0, 0.05) is 28.1 Å². The number of benzene rings is 1. The van der Waals surface area contributed by atoms with Crippen molar-refractivity contribution < 1.29 is 19.3 Å². The van der Waals surface area contributed by atoms with Crippen LogP contribution in [-0.2, 0) is 29.9 Å². The predicted octanol–water partition coefficient (Wildman–Crippen LogP) is 5.35. The molecule has 0 saturated heterocycles. The Morgan fingerprint density at radius 3 is 2.68 bits per heavy atom. The number of hydrogen-bond donors (Lipinski definition) is 2. The third-order valence-corrected chi connectivity index (χ3v) is 7.88. The Morgan fingerprint density at radius 1 is 1.18 bits per heavy atom. The first kappa shape index (κ1) is 24.8. The monoisotopic (exact) mass is 517 g/mol. The maximum atomic E-state index is 13.8. The molecule has 5 heterocycles. The highest BCUT2D eigenvalue weighted by Gasteiger charge is 2.42. The Hall–Kier alpha value is -3.52. The van der Waals surface area contributed by atoms with Gasteiger partial charge in [-0.05, 0) is 51.7 Å². The van der Waals surface area contributed by atoms with Crippen molar-refractivity contribution in [2.75, 3.05) is 12.1 Å². The van der Waals surface area contributed by atoms with Crippen molar-refractivity contribution >= 4 is 16.6 Å². The third-order valence-electron chi connectivity index (χ3n) is 7.88. The molecule has 1 atom stereocenters. The van der Waals surface area contributed by atoms with E-state index in [1.807, 2.05) is 19.1 Å². The lowest BCUT2D eigenvalue weighted by molar-refractivity contribution is -0.0172. The minimum Gasteiger partial charge on any atom is -0.490 e. The van der Waals surface area contributed by atoms with Crippen LogP contribution >= 0.6 is 0 Å². The van der Waals surface area contributed by atoms with Gasteiger partial charge in [0.15, 0.2) is 11.5 Å². The van der Waals surface area contributed by atoms with Gasteiger partial charge in [0.1, 0.15) is 18.0 Å². The average molecular weight is 518 g/mol. The predicted molar refractivity (Wildman–Crippen MR) is 147 cm³/mol. The summed E-state index contributed by atoms with van der Waals surface area (Å²) < 4.78 is 19.2. The molecule has 0 unspecified atom stereocenters. The maximum Gasteiger partial charge on any atom is 0.258 e. The lowest BCUT2D eigenvalue weighted by Crippen LogP contribution is -2.38. The van der Waals surface area contributed by atoms with Gasteiger partial charge in [0.05, 0.1) is 34.7 Å². The van der Waals surface area contributed by atoms with Crippen molar-refractivity contribution in [1.82, 2.24) is 9.55 Å². The normalized spacial score (nSPS) is 19.3. The molecule has 3 aliphatic rings. The lowest BCUT2D eigenvalue weighted by Gasteiger charge is -2.35. The minimum absolute atomic E-state index is 0.102. The van der Waals surface area contributed by atoms with Crippen molar-refractivity contribution in [2.24, 2.45) is 0 Å². The van der Waals surface area contributed by atoms with Crippen molar-refractivity contribution in [1.29, 1.82) is 0 Å². The lowest BCUT2D eigenvalue weighted by atomic mass is 9.84. The van der Waals surface area contributed by atoms with Crippen LogP contribution in [0.2, 0.25) is 0 Å². The minimum atomic E-state index is -1.41. The molecule has 2 aromatic heterocycles. The van der Waals surface area contributed by atoms with E-state index in [2.05, 4.69) is 39.6 Å². The quantitative estimate of drug-likeness (QED) is 0.369. The molecule has 3 aliphatic heterocycles. The fourth-order valence-corrected chi connectivity index (χ4v) is 5.94. The van der Waals surface area contributed by atoms with Crippen LogP contribution in [0.4, 0.5) is 5.69 Å². The highest BCUT2D eigenvalue weighted by atomic mass is 16.7. The molecule has 0 amide bonds. The van der Waals surface area contributed by atoms with Gasteiger partial charge in [-0.25, -0.2) is 4.98 Å². The van der Waals surface area contributed by atoms with Crippen molar-refractivity contribution in [3.8, 4) is 22.9 Å². The van der Waals surface area contributed by atoms with E-state index in [9.17, 15) is 9.90 Å². The Morgan fingerprint density at radius 2 is 1.97 bits per heavy atom. The first-order valence-electron chi connectivity index (χ1n) is 13.5. The van der Waals surface area contributed by atoms with Gasteiger partial charge in [0.2, 0.25) is 6.79 Å². The zero-order valence-electron chi connectivity index (χ0n) is 22.8. The fourth-order valence-electron chi connectivity index (χ4n) is 5.94. The zero-order valence-corrected chi connectivity index (χ0v) is 22.8. The molecular weight excluding hydrogens is 482 g/mol. The van der Waals surface area contributed by atoms with Crippen LogP contribution in [0.15, 0.2) is 29.3 Å². The second-order valence-electron chi connectivity index (χ2n) is 11.5. The molecule has 0 spiro atoms. The SMILES string of the molecule is C=C1OCc2c(cc3n(c2=O)Cc2c-3nc3cc4c(c(NC(C)(C)C)c3c2CCCC)OCO4)[C@@]1(O)CC. The third kappa shape index (κ3) is 3.53. The van der Waals surface area contributed by atoms with Crippen LogP contribution in [0.5, 0.6) is 11.5 Å². The summed E-state index contributed by atoms with van der Waals surface area (Å²) in [4.78, 5) is 18.9. The Kier molecular flexibility index (Phi) is 5.54. The summed E-state index contributed by atoms with van der Waals surface area (Å²) in [7, 11) is 0. The van der Waals surface area contributed by atoms with Gasteiger partial charge in [-0.1, -0.05) is 26.8 Å². The van der Waals surface area contributed by atoms with Crippen LogP contribution in [0, 0.1) is 0 Å². The zero-order chi connectivity index (χ0) is 27.0. The van der Waals surface area contributed by atoms with Crippen LogP contribution < -0.4 is 20.3 Å². The largest absolute Gasteiger partial charge is 0.490 e. The number of aromatic nitrogens is 2. The van der Waals surface area contributed by atoms with Crippen LogP contribution in [0.3, 0.4) is 0 Å². The molecular formula is C30H35N3O5. The van der Waals surface area contributed by atoms with Crippen molar-refractivity contribution in [3.05, 3.63) is 57.1 Å². The number of aryl methyl sites for hydroxylation is 1. The summed E-state index contributed by atoms with van der Waals surface area (Å²) >= 11 is 0. The molecule has 3 aromatic rings. The number of pyridine rings is 2. The standard InChI is InChI=1S/C30H35N3O5/c1-7-9-10-17-18-13-33-22(11-20-19(28(33)34)14-36-16(3)30(20,35)8-2)25(18)31-21-12-23-27(38-15-37-23)26(24(17)21)32-29(4,5)6/h11-12,32,35H,3,7-10,13-15H2,1-2,4-6H3/t30-/m1/s1. The molecule has 8 nitrogen and oxygen atoms in total. The highest BCUT2D eigenvalue weighted by molar-refractivity contribution is 6.02. The van der Waals surface area contributed by atoms with Gasteiger partial charge in [0.25, 0.3) is 5.56 Å². The maximum absolute atomic E-state index is 13.8. The number of hydrogen-bond acceptors (Lipinski definition) is 7. The summed E-state index contributed by atoms with van der Waals surface area (Å²) in [6.07, 6.45) is 3.24. The number of ether oxygens (including phenoxy) is 3. The summed E-state index contributed by atoms with van der Waals surface area (Å²) in [5.74, 6) is 1.64. The summed E-state index contributed by atoms with van der Waals surface area (Å²) in [5, 5.41) is 16.1. The van der Waals surface area contributed by atoms with E-state index >= 15 is 0 Å². The van der Waals surface area contributed by atoms with Gasteiger partial charge in [-0.3, -0.25) is 4.79 Å². The number of rotatable bonds is 5. The molecule has 0 radical (unpaired) electrons. The topological polar surface area (TPSA) is 94.8 Å². The first-order valence-corrected chi connectivity index (χ1v) is 13.5. The van der Waals surface area contributed by atoms with E-state index in [0.717, 1.165) is 47.1 Å². The fraction of sp³-hybridized carbons (Fsp3) is 0.467. The van der Waals surface area contributed by atoms with Crippen LogP contribution in [0.25, 0.3) is 22.3 Å². The Labute approximate surface area is 222 Å². The van der Waals surface area contributed by atoms with Crippen molar-refractivity contribution in [3.63, 3.8) is 0 Å². The second-order valence-corrected chi connectivity index (χ2v) is 11.5. The van der Waals surface area contributed by atoms with Crippen molar-refractivity contribution in [2.45, 2.75) is 84.6 Å². The van der Waals surface area contributed by atoms with E-state index in [-0.39, 0.29) is 30.3 Å². The molecule has 38 heavy (non-hydrogen) atoms. The molecule has 0 bridgehead atoms. The summed E-state index contributed by atoms with van der Waals surface area (Å²) in [6, 6.07) is 3.86. The number of fused-ring (bicyclic) bond motifs is 6. The second kappa shape index (κ2) is 8.50. The van der Waals surface area contributed by atoms with E-state index in [0.29, 0.717) is 41.3 Å². The molecule has 8 heteroatoms. The van der Waals surface area contributed by atoms with E-state index in [1.54, 1.807) is 4.57 Å².